The summed E-state index contributed by atoms with van der Waals surface area (Å²) < 4.78 is 11.0. The Balaban J connectivity index is 1.67. The molecule has 120 valence electrons. The van der Waals surface area contributed by atoms with E-state index >= 15 is 0 Å². The molecule has 2 aromatic rings. The molecule has 1 aliphatic rings. The highest BCUT2D eigenvalue weighted by molar-refractivity contribution is 6.32. The maximum absolute atomic E-state index is 12.2. The number of ether oxygens (including phenoxy) is 2. The number of aromatic nitrogens is 1. The van der Waals surface area contributed by atoms with Crippen LogP contribution in [0.4, 0.5) is 0 Å². The Kier molecular flexibility index (Phi) is 4.67. The quantitative estimate of drug-likeness (QED) is 0.935. The minimum absolute atomic E-state index is 0.101. The summed E-state index contributed by atoms with van der Waals surface area (Å²) in [6, 6.07) is 8.99. The summed E-state index contributed by atoms with van der Waals surface area (Å²) in [4.78, 5) is 16.5. The highest BCUT2D eigenvalue weighted by Crippen LogP contribution is 2.38. The predicted molar refractivity (Wildman–Crippen MR) is 86.9 cm³/mol. The molecule has 0 saturated carbocycles. The molecular formula is C17H17ClN2O3. The van der Waals surface area contributed by atoms with Gasteiger partial charge in [0.2, 0.25) is 5.91 Å². The largest absolute Gasteiger partial charge is 0.486 e. The van der Waals surface area contributed by atoms with Gasteiger partial charge in [-0.1, -0.05) is 17.7 Å². The van der Waals surface area contributed by atoms with Gasteiger partial charge in [-0.15, -0.1) is 0 Å². The second-order valence-electron chi connectivity index (χ2n) is 5.32. The molecule has 1 aromatic heterocycles. The first-order valence-electron chi connectivity index (χ1n) is 7.42. The van der Waals surface area contributed by atoms with E-state index in [2.05, 4.69) is 10.3 Å². The molecule has 0 radical (unpaired) electrons. The third-order valence-corrected chi connectivity index (χ3v) is 3.81. The average Bonchev–Trinajstić information content (AvgIpc) is 2.55. The molecule has 0 saturated heterocycles. The number of nitrogens with one attached hydrogen (secondary N) is 1. The van der Waals surface area contributed by atoms with Crippen LogP contribution in [-0.2, 0) is 11.2 Å². The zero-order valence-corrected chi connectivity index (χ0v) is 13.5. The van der Waals surface area contributed by atoms with Crippen LogP contribution in [0.25, 0.3) is 0 Å². The molecule has 1 unspecified atom stereocenters. The van der Waals surface area contributed by atoms with Gasteiger partial charge in [-0.05, 0) is 36.8 Å². The van der Waals surface area contributed by atoms with Crippen LogP contribution >= 0.6 is 11.6 Å². The Labute approximate surface area is 139 Å². The Morgan fingerprint density at radius 1 is 1.35 bits per heavy atom. The third kappa shape index (κ3) is 3.74. The fourth-order valence-electron chi connectivity index (χ4n) is 2.45. The monoisotopic (exact) mass is 332 g/mol. The lowest BCUT2D eigenvalue weighted by Gasteiger charge is -2.20. The summed E-state index contributed by atoms with van der Waals surface area (Å²) in [6.07, 6.45) is 1.92. The van der Waals surface area contributed by atoms with Crippen molar-refractivity contribution in [3.05, 3.63) is 52.8 Å². The van der Waals surface area contributed by atoms with Crippen LogP contribution in [0.5, 0.6) is 11.5 Å². The third-order valence-electron chi connectivity index (χ3n) is 3.53. The van der Waals surface area contributed by atoms with Gasteiger partial charge in [0.05, 0.1) is 23.2 Å². The van der Waals surface area contributed by atoms with Gasteiger partial charge in [0.1, 0.15) is 13.2 Å². The van der Waals surface area contributed by atoms with E-state index in [1.165, 1.54) is 0 Å². The summed E-state index contributed by atoms with van der Waals surface area (Å²) in [7, 11) is 0. The van der Waals surface area contributed by atoms with E-state index in [1.807, 2.05) is 25.1 Å². The van der Waals surface area contributed by atoms with Crippen LogP contribution in [0.15, 0.2) is 36.5 Å². The summed E-state index contributed by atoms with van der Waals surface area (Å²) in [6.45, 7) is 2.86. The van der Waals surface area contributed by atoms with Gasteiger partial charge in [0, 0.05) is 6.20 Å². The number of hydrogen-bond acceptors (Lipinski definition) is 4. The van der Waals surface area contributed by atoms with Crippen LogP contribution in [0.1, 0.15) is 24.2 Å². The topological polar surface area (TPSA) is 60.5 Å². The first-order chi connectivity index (χ1) is 11.1. The van der Waals surface area contributed by atoms with Gasteiger partial charge in [-0.25, -0.2) is 0 Å². The lowest BCUT2D eigenvalue weighted by atomic mass is 10.1. The molecule has 0 bridgehead atoms. The fourth-order valence-corrected chi connectivity index (χ4v) is 2.74. The Morgan fingerprint density at radius 3 is 2.96 bits per heavy atom. The minimum atomic E-state index is -0.156. The van der Waals surface area contributed by atoms with E-state index in [4.69, 9.17) is 21.1 Å². The Morgan fingerprint density at radius 2 is 2.17 bits per heavy atom. The number of carbonyl (C=O) groups excluding carboxylic acids is 1. The number of halogens is 1. The summed E-state index contributed by atoms with van der Waals surface area (Å²) in [5, 5.41) is 3.39. The molecule has 0 aliphatic carbocycles. The molecule has 1 atom stereocenters. The Hall–Kier alpha value is -2.27. The molecule has 6 heteroatoms. The van der Waals surface area contributed by atoms with Crippen molar-refractivity contribution in [1.82, 2.24) is 10.3 Å². The maximum Gasteiger partial charge on any atom is 0.224 e. The van der Waals surface area contributed by atoms with E-state index in [0.29, 0.717) is 29.7 Å². The second-order valence-corrected chi connectivity index (χ2v) is 5.73. The van der Waals surface area contributed by atoms with Crippen LogP contribution in [0.3, 0.4) is 0 Å². The number of carbonyl (C=O) groups is 1. The van der Waals surface area contributed by atoms with Gasteiger partial charge in [0.15, 0.2) is 11.5 Å². The molecule has 1 aliphatic heterocycles. The summed E-state index contributed by atoms with van der Waals surface area (Å²) in [5.74, 6) is 1.03. The van der Waals surface area contributed by atoms with Gasteiger partial charge in [-0.3, -0.25) is 9.78 Å². The first kappa shape index (κ1) is 15.6. The van der Waals surface area contributed by atoms with Crippen molar-refractivity contribution in [3.8, 4) is 11.5 Å². The van der Waals surface area contributed by atoms with Crippen LogP contribution < -0.4 is 14.8 Å². The lowest BCUT2D eigenvalue weighted by molar-refractivity contribution is -0.121. The molecule has 5 nitrogen and oxygen atoms in total. The lowest BCUT2D eigenvalue weighted by Crippen LogP contribution is -2.28. The average molecular weight is 333 g/mol. The highest BCUT2D eigenvalue weighted by Gasteiger charge is 2.18. The van der Waals surface area contributed by atoms with Crippen molar-refractivity contribution in [3.63, 3.8) is 0 Å². The van der Waals surface area contributed by atoms with Crippen molar-refractivity contribution < 1.29 is 14.3 Å². The molecular weight excluding hydrogens is 316 g/mol. The smallest absolute Gasteiger partial charge is 0.224 e. The number of amides is 1. The van der Waals surface area contributed by atoms with E-state index in [-0.39, 0.29) is 18.4 Å². The summed E-state index contributed by atoms with van der Waals surface area (Å²) in [5.41, 5.74) is 1.60. The highest BCUT2D eigenvalue weighted by atomic mass is 35.5. The number of hydrogen-bond donors (Lipinski definition) is 1. The standard InChI is InChI=1S/C17H17ClN2O3/c1-11(14-4-2-3-5-19-14)20-16(21)10-12-8-13(18)17-15(9-12)22-6-7-23-17/h2-5,8-9,11H,6-7,10H2,1H3,(H,20,21). The van der Waals surface area contributed by atoms with E-state index in [0.717, 1.165) is 11.3 Å². The molecule has 0 fully saturated rings. The van der Waals surface area contributed by atoms with Crippen LogP contribution in [0.2, 0.25) is 5.02 Å². The number of fused-ring (bicyclic) bond motifs is 1. The summed E-state index contributed by atoms with van der Waals surface area (Å²) >= 11 is 6.19. The van der Waals surface area contributed by atoms with Gasteiger partial charge < -0.3 is 14.8 Å². The van der Waals surface area contributed by atoms with Crippen LogP contribution in [0, 0.1) is 0 Å². The molecule has 1 amide bonds. The fraction of sp³-hybridized carbons (Fsp3) is 0.294. The zero-order chi connectivity index (χ0) is 16.2. The van der Waals surface area contributed by atoms with Crippen molar-refractivity contribution in [2.45, 2.75) is 19.4 Å². The number of pyridine rings is 1. The minimum Gasteiger partial charge on any atom is -0.486 e. The van der Waals surface area contributed by atoms with Crippen molar-refractivity contribution in [1.29, 1.82) is 0 Å². The van der Waals surface area contributed by atoms with Crippen molar-refractivity contribution in [2.75, 3.05) is 13.2 Å². The van der Waals surface area contributed by atoms with Gasteiger partial charge in [-0.2, -0.15) is 0 Å². The van der Waals surface area contributed by atoms with Crippen LogP contribution in [-0.4, -0.2) is 24.1 Å². The van der Waals surface area contributed by atoms with Gasteiger partial charge >= 0.3 is 0 Å². The van der Waals surface area contributed by atoms with E-state index < -0.39 is 0 Å². The van der Waals surface area contributed by atoms with Gasteiger partial charge in [0.25, 0.3) is 0 Å². The molecule has 3 rings (SSSR count). The van der Waals surface area contributed by atoms with E-state index in [1.54, 1.807) is 18.3 Å². The molecule has 1 N–H and O–H groups in total. The maximum atomic E-state index is 12.2. The number of nitrogens with zero attached hydrogens (tertiary/aromatic N) is 1. The molecule has 23 heavy (non-hydrogen) atoms. The SMILES string of the molecule is CC(NC(=O)Cc1cc(Cl)c2c(c1)OCCO2)c1ccccn1. The first-order valence-corrected chi connectivity index (χ1v) is 7.79. The predicted octanol–water partition coefficient (Wildman–Crippen LogP) is 2.93. The second kappa shape index (κ2) is 6.87. The molecule has 0 spiro atoms. The van der Waals surface area contributed by atoms with E-state index in [9.17, 15) is 4.79 Å². The normalized spacial score (nSPS) is 14.2. The van der Waals surface area contributed by atoms with Crippen molar-refractivity contribution in [2.24, 2.45) is 0 Å². The van der Waals surface area contributed by atoms with Crippen molar-refractivity contribution >= 4 is 17.5 Å². The molecule has 1 aromatic carbocycles. The molecule has 2 heterocycles. The Bertz CT molecular complexity index is 706. The number of rotatable bonds is 4. The number of benzene rings is 1. The zero-order valence-electron chi connectivity index (χ0n) is 12.7.